The average molecular weight is 279 g/mol. The zero-order valence-electron chi connectivity index (χ0n) is 8.24. The maximum atomic E-state index is 11.7. The van der Waals surface area contributed by atoms with Crippen LogP contribution >= 0.6 is 11.8 Å². The van der Waals surface area contributed by atoms with Crippen LogP contribution < -0.4 is 5.14 Å². The molecule has 0 saturated carbocycles. The van der Waals surface area contributed by atoms with Gasteiger partial charge >= 0.3 is 0 Å². The van der Waals surface area contributed by atoms with Gasteiger partial charge in [0.05, 0.1) is 0 Å². The van der Waals surface area contributed by atoms with Crippen LogP contribution in [0.15, 0.2) is 32.9 Å². The third-order valence-electron chi connectivity index (χ3n) is 2.31. The molecule has 0 fully saturated rings. The van der Waals surface area contributed by atoms with E-state index in [0.29, 0.717) is 11.1 Å². The largest absolute Gasteiger partial charge is 0.244 e. The lowest BCUT2D eigenvalue weighted by Crippen LogP contribution is -2.17. The van der Waals surface area contributed by atoms with E-state index in [-0.39, 0.29) is 4.24 Å². The lowest BCUT2D eigenvalue weighted by atomic mass is 10.1. The summed E-state index contributed by atoms with van der Waals surface area (Å²) in [6, 6.07) is 0. The van der Waals surface area contributed by atoms with E-state index in [1.165, 1.54) is 6.08 Å². The molecule has 88 valence electrons. The second-order valence-electron chi connectivity index (χ2n) is 3.45. The number of rotatable bonds is 1. The van der Waals surface area contributed by atoms with Crippen molar-refractivity contribution in [1.29, 1.82) is 0 Å². The number of sulfone groups is 1. The van der Waals surface area contributed by atoms with Crippen molar-refractivity contribution in [3.05, 3.63) is 32.9 Å². The predicted octanol–water partition coefficient (Wildman–Crippen LogP) is 0.448. The quantitative estimate of drug-likeness (QED) is 0.752. The molecule has 0 unspecified atom stereocenters. The monoisotopic (exact) mass is 279 g/mol. The van der Waals surface area contributed by atoms with Crippen LogP contribution in [0, 0.1) is 0 Å². The molecule has 2 N–H and O–H groups in total. The number of primary sulfonamides is 1. The Balaban J connectivity index is 2.61. The Labute approximate surface area is 98.1 Å². The highest BCUT2D eigenvalue weighted by atomic mass is 32.3. The van der Waals surface area contributed by atoms with Gasteiger partial charge in [-0.1, -0.05) is 23.9 Å². The van der Waals surface area contributed by atoms with E-state index >= 15 is 0 Å². The molecule has 0 aromatic carbocycles. The Morgan fingerprint density at radius 1 is 1.44 bits per heavy atom. The number of allylic oxidation sites excluding steroid dienone is 3. The van der Waals surface area contributed by atoms with Gasteiger partial charge in [0.2, 0.25) is 10.0 Å². The molecule has 0 bridgehead atoms. The normalized spacial score (nSPS) is 27.9. The average Bonchev–Trinajstić information content (AvgIpc) is 2.44. The Kier molecular flexibility index (Phi) is 2.57. The van der Waals surface area contributed by atoms with E-state index < -0.39 is 24.4 Å². The molecule has 2 rings (SSSR count). The molecule has 2 aliphatic rings. The number of hydrogen-bond acceptors (Lipinski definition) is 5. The summed E-state index contributed by atoms with van der Waals surface area (Å²) in [4.78, 5) is 0. The SMILES string of the molecule is CC1=C(S(N)(=O)=O)S[C@@H]2C1=CC=CS2(=O)=O. The van der Waals surface area contributed by atoms with Gasteiger partial charge in [-0.25, -0.2) is 22.0 Å². The van der Waals surface area contributed by atoms with Crippen molar-refractivity contribution in [2.24, 2.45) is 5.14 Å². The summed E-state index contributed by atoms with van der Waals surface area (Å²) in [6.45, 7) is 1.56. The third kappa shape index (κ3) is 1.75. The van der Waals surface area contributed by atoms with E-state index in [2.05, 4.69) is 0 Å². The molecule has 0 saturated heterocycles. The van der Waals surface area contributed by atoms with E-state index in [1.54, 1.807) is 13.0 Å². The van der Waals surface area contributed by atoms with Crippen molar-refractivity contribution in [3.63, 3.8) is 0 Å². The summed E-state index contributed by atoms with van der Waals surface area (Å²) in [5.41, 5.74) is 0.918. The Bertz CT molecular complexity index is 637. The summed E-state index contributed by atoms with van der Waals surface area (Å²) in [7, 11) is -7.28. The molecule has 0 amide bonds. The van der Waals surface area contributed by atoms with Crippen molar-refractivity contribution in [2.75, 3.05) is 0 Å². The number of fused-ring (bicyclic) bond motifs is 1. The highest BCUT2D eigenvalue weighted by Crippen LogP contribution is 2.47. The number of hydrogen-bond donors (Lipinski definition) is 1. The van der Waals surface area contributed by atoms with Crippen molar-refractivity contribution >= 4 is 31.6 Å². The van der Waals surface area contributed by atoms with Gasteiger partial charge in [0.15, 0.2) is 9.84 Å². The van der Waals surface area contributed by atoms with Crippen molar-refractivity contribution in [2.45, 2.75) is 11.5 Å². The summed E-state index contributed by atoms with van der Waals surface area (Å²) in [5, 5.41) is 6.10. The number of nitrogens with two attached hydrogens (primary N) is 1. The topological polar surface area (TPSA) is 94.3 Å². The first-order chi connectivity index (χ1) is 7.23. The molecule has 0 aromatic heterocycles. The van der Waals surface area contributed by atoms with Crippen molar-refractivity contribution in [3.8, 4) is 0 Å². The fraction of sp³-hybridized carbons (Fsp3) is 0.250. The van der Waals surface area contributed by atoms with Crippen LogP contribution in [0.5, 0.6) is 0 Å². The molecular formula is C8H9NO4S3. The Hall–Kier alpha value is -0.570. The molecule has 1 atom stereocenters. The minimum atomic E-state index is -3.85. The first kappa shape index (κ1) is 11.9. The lowest BCUT2D eigenvalue weighted by Gasteiger charge is -2.13. The second kappa shape index (κ2) is 3.46. The summed E-state index contributed by atoms with van der Waals surface area (Å²) >= 11 is 0.776. The Morgan fingerprint density at radius 3 is 2.56 bits per heavy atom. The molecule has 8 heteroatoms. The van der Waals surface area contributed by atoms with Crippen LogP contribution in [-0.4, -0.2) is 21.4 Å². The zero-order valence-corrected chi connectivity index (χ0v) is 10.7. The van der Waals surface area contributed by atoms with Gasteiger partial charge in [-0.2, -0.15) is 0 Å². The maximum absolute atomic E-state index is 11.7. The molecule has 0 spiro atoms. The summed E-state index contributed by atoms with van der Waals surface area (Å²) < 4.78 is 44.9. The minimum Gasteiger partial charge on any atom is -0.224 e. The van der Waals surface area contributed by atoms with Crippen molar-refractivity contribution < 1.29 is 16.8 Å². The van der Waals surface area contributed by atoms with Gasteiger partial charge in [-0.15, -0.1) is 0 Å². The Morgan fingerprint density at radius 2 is 2.06 bits per heavy atom. The highest BCUT2D eigenvalue weighted by molar-refractivity contribution is 8.25. The first-order valence-electron chi connectivity index (χ1n) is 4.26. The summed E-state index contributed by atoms with van der Waals surface area (Å²) in [5.74, 6) is 0. The first-order valence-corrected chi connectivity index (χ1v) is 8.30. The van der Waals surface area contributed by atoms with Crippen LogP contribution in [0.3, 0.4) is 0 Å². The van der Waals surface area contributed by atoms with Crippen LogP contribution in [-0.2, 0) is 19.9 Å². The van der Waals surface area contributed by atoms with Crippen LogP contribution in [0.25, 0.3) is 0 Å². The van der Waals surface area contributed by atoms with Gasteiger partial charge in [0.25, 0.3) is 0 Å². The van der Waals surface area contributed by atoms with E-state index in [9.17, 15) is 16.8 Å². The van der Waals surface area contributed by atoms with Gasteiger partial charge in [-0.3, -0.25) is 0 Å². The highest BCUT2D eigenvalue weighted by Gasteiger charge is 2.40. The smallest absolute Gasteiger partial charge is 0.224 e. The fourth-order valence-electron chi connectivity index (χ4n) is 1.60. The molecule has 0 aromatic rings. The molecule has 2 heterocycles. The molecule has 0 aliphatic carbocycles. The maximum Gasteiger partial charge on any atom is 0.244 e. The second-order valence-corrected chi connectivity index (χ2v) is 8.54. The molecule has 0 radical (unpaired) electrons. The van der Waals surface area contributed by atoms with Crippen molar-refractivity contribution in [1.82, 2.24) is 0 Å². The lowest BCUT2D eigenvalue weighted by molar-refractivity contribution is 0.603. The predicted molar refractivity (Wildman–Crippen MR) is 63.3 cm³/mol. The van der Waals surface area contributed by atoms with Gasteiger partial charge in [0.1, 0.15) is 8.82 Å². The van der Waals surface area contributed by atoms with Crippen LogP contribution in [0.4, 0.5) is 0 Å². The third-order valence-corrected chi connectivity index (χ3v) is 7.59. The molecule has 2 aliphatic heterocycles. The zero-order chi connectivity index (χ0) is 12.1. The molecule has 5 nitrogen and oxygen atoms in total. The van der Waals surface area contributed by atoms with Crippen LogP contribution in [0.2, 0.25) is 0 Å². The summed E-state index contributed by atoms with van der Waals surface area (Å²) in [6.07, 6.45) is 3.00. The van der Waals surface area contributed by atoms with E-state index in [0.717, 1.165) is 17.2 Å². The minimum absolute atomic E-state index is 0.0592. The number of thioether (sulfide) groups is 1. The molecular weight excluding hydrogens is 270 g/mol. The van der Waals surface area contributed by atoms with E-state index in [4.69, 9.17) is 5.14 Å². The fourth-order valence-corrected chi connectivity index (χ4v) is 6.09. The molecule has 16 heavy (non-hydrogen) atoms. The van der Waals surface area contributed by atoms with Crippen LogP contribution in [0.1, 0.15) is 6.92 Å². The van der Waals surface area contributed by atoms with Gasteiger partial charge in [0, 0.05) is 5.41 Å². The van der Waals surface area contributed by atoms with Gasteiger partial charge in [-0.05, 0) is 18.1 Å². The van der Waals surface area contributed by atoms with E-state index in [1.807, 2.05) is 0 Å². The van der Waals surface area contributed by atoms with Gasteiger partial charge < -0.3 is 0 Å². The standard InChI is InChI=1S/C8H9NO4S3/c1-5-6-3-2-4-15(10,11)8(6)14-7(5)16(9,12)13/h2-4,8H,1H3,(H2,9,12,13)/t8-/m0/s1. The number of sulfonamides is 1.